The van der Waals surface area contributed by atoms with Crippen molar-refractivity contribution in [2.75, 3.05) is 45.0 Å². The molecule has 0 bridgehead atoms. The fourth-order valence-electron chi connectivity index (χ4n) is 6.60. The van der Waals surface area contributed by atoms with Crippen LogP contribution < -0.4 is 21.7 Å². The number of carbonyl (C=O) groups excluding carboxylic acids is 5. The number of phenols is 1. The number of aliphatic hydroxyl groups is 1. The number of benzene rings is 1. The lowest BCUT2D eigenvalue weighted by atomic mass is 9.52. The summed E-state index contributed by atoms with van der Waals surface area (Å²) in [6, 6.07) is 0.479. The number of aromatic hydroxyl groups is 1. The first kappa shape index (κ1) is 30.1. The Bertz CT molecular complexity index is 1370. The third kappa shape index (κ3) is 4.66. The molecule has 6 atom stereocenters. The normalized spacial score (nSPS) is 29.8. The summed E-state index contributed by atoms with van der Waals surface area (Å²) < 4.78 is 0. The van der Waals surface area contributed by atoms with Crippen molar-refractivity contribution in [1.82, 2.24) is 4.90 Å². The Hall–Kier alpha value is -3.84. The predicted octanol–water partition coefficient (Wildman–Crippen LogP) is -0.684. The van der Waals surface area contributed by atoms with Crippen molar-refractivity contribution in [1.29, 1.82) is 0 Å². The minimum absolute atomic E-state index is 0.0215. The van der Waals surface area contributed by atoms with Crippen molar-refractivity contribution in [3.63, 3.8) is 0 Å². The van der Waals surface area contributed by atoms with Gasteiger partial charge in [0.1, 0.15) is 5.75 Å². The largest absolute Gasteiger partial charge is 0.505 e. The molecule has 3 aliphatic rings. The van der Waals surface area contributed by atoms with Gasteiger partial charge in [0.15, 0.2) is 40.6 Å². The van der Waals surface area contributed by atoms with Crippen LogP contribution in [0.25, 0.3) is 0 Å². The average Bonchev–Trinajstić information content (AvgIpc) is 2.85. The van der Waals surface area contributed by atoms with Gasteiger partial charge in [-0.2, -0.15) is 0 Å². The molecule has 1 amide bonds. The Morgan fingerprint density at radius 3 is 2.32 bits per heavy atom. The number of rotatable bonds is 6. The molecule has 41 heavy (non-hydrogen) atoms. The molecule has 0 saturated heterocycles. The van der Waals surface area contributed by atoms with Crippen LogP contribution in [0.15, 0.2) is 11.1 Å². The number of likely N-dealkylation sites (N-methyl/N-ethyl adjacent to an activating group) is 1. The molecule has 222 valence electrons. The van der Waals surface area contributed by atoms with Gasteiger partial charge in [-0.15, -0.1) is 0 Å². The maximum atomic E-state index is 14.0. The minimum atomic E-state index is -2.78. The van der Waals surface area contributed by atoms with E-state index in [0.717, 1.165) is 0 Å². The summed E-state index contributed by atoms with van der Waals surface area (Å²) in [5.41, 5.74) is 9.66. The second-order valence-electron chi connectivity index (χ2n) is 12.1. The van der Waals surface area contributed by atoms with E-state index in [9.17, 15) is 34.2 Å². The van der Waals surface area contributed by atoms with E-state index < -0.39 is 70.1 Å². The highest BCUT2D eigenvalue weighted by atomic mass is 16.3. The SMILES string of the molecule is CC(C)CN=C(N)Nc1cc(N(C)C)c2c(c1O)C(=O)C1C(=O)[C@]3(O)C(=O)C(C(N)=O)C(=O)C(N(C)C)[C@@H]3C[C@@H]1C2. The number of anilines is 2. The Morgan fingerprint density at radius 1 is 1.15 bits per heavy atom. The molecule has 13 heteroatoms. The quantitative estimate of drug-likeness (QED) is 0.125. The lowest BCUT2D eigenvalue weighted by Gasteiger charge is -2.52. The van der Waals surface area contributed by atoms with E-state index >= 15 is 0 Å². The van der Waals surface area contributed by atoms with Gasteiger partial charge in [0.2, 0.25) is 5.91 Å². The molecule has 7 N–H and O–H groups in total. The van der Waals surface area contributed by atoms with Crippen LogP contribution in [0.3, 0.4) is 0 Å². The number of ketones is 4. The molecule has 13 nitrogen and oxygen atoms in total. The number of amides is 1. The molecule has 0 radical (unpaired) electrons. The fourth-order valence-corrected chi connectivity index (χ4v) is 6.60. The van der Waals surface area contributed by atoms with Gasteiger partial charge >= 0.3 is 0 Å². The van der Waals surface area contributed by atoms with Crippen LogP contribution in [0.2, 0.25) is 0 Å². The lowest BCUT2D eigenvalue weighted by Crippen LogP contribution is -2.74. The number of nitrogens with two attached hydrogens (primary N) is 2. The Labute approximate surface area is 237 Å². The summed E-state index contributed by atoms with van der Waals surface area (Å²) >= 11 is 0. The van der Waals surface area contributed by atoms with Crippen molar-refractivity contribution in [2.45, 2.75) is 38.3 Å². The van der Waals surface area contributed by atoms with Crippen LogP contribution in [0.1, 0.15) is 36.2 Å². The van der Waals surface area contributed by atoms with E-state index in [-0.39, 0.29) is 36.0 Å². The smallest absolute Gasteiger partial charge is 0.235 e. The molecule has 0 spiro atoms. The number of Topliss-reactive ketones (excluding diaryl/α,β-unsaturated/α-hetero) is 4. The molecule has 3 unspecified atom stereocenters. The van der Waals surface area contributed by atoms with Crippen LogP contribution >= 0.6 is 0 Å². The molecular formula is C28H38N6O7. The highest BCUT2D eigenvalue weighted by Crippen LogP contribution is 2.52. The monoisotopic (exact) mass is 570 g/mol. The molecule has 0 heterocycles. The fraction of sp³-hybridized carbons (Fsp3) is 0.571. The van der Waals surface area contributed by atoms with Crippen molar-refractivity contribution in [3.8, 4) is 5.75 Å². The van der Waals surface area contributed by atoms with Crippen LogP contribution in [-0.2, 0) is 25.6 Å². The molecule has 0 aromatic heterocycles. The van der Waals surface area contributed by atoms with Crippen LogP contribution in [-0.4, -0.2) is 96.5 Å². The van der Waals surface area contributed by atoms with Crippen molar-refractivity contribution < 1.29 is 34.2 Å². The number of carbonyl (C=O) groups is 5. The highest BCUT2D eigenvalue weighted by molar-refractivity contribution is 6.32. The lowest BCUT2D eigenvalue weighted by molar-refractivity contribution is -0.181. The topological polar surface area (TPSA) is 209 Å². The summed E-state index contributed by atoms with van der Waals surface area (Å²) in [6.45, 7) is 4.36. The predicted molar refractivity (Wildman–Crippen MR) is 151 cm³/mol. The summed E-state index contributed by atoms with van der Waals surface area (Å²) in [7, 11) is 6.61. The number of primary amides is 1. The highest BCUT2D eigenvalue weighted by Gasteiger charge is 2.69. The van der Waals surface area contributed by atoms with Gasteiger partial charge in [0, 0.05) is 32.2 Å². The number of fused-ring (bicyclic) bond motifs is 3. The molecule has 1 aromatic rings. The molecule has 2 saturated carbocycles. The molecule has 1 aromatic carbocycles. The molecule has 4 rings (SSSR count). The number of phenolic OH excluding ortho intramolecular Hbond substituents is 1. The van der Waals surface area contributed by atoms with Crippen LogP contribution in [0.4, 0.5) is 11.4 Å². The first-order chi connectivity index (χ1) is 19.0. The molecular weight excluding hydrogens is 532 g/mol. The van der Waals surface area contributed by atoms with E-state index in [1.165, 1.54) is 4.90 Å². The number of nitrogens with zero attached hydrogens (tertiary/aromatic N) is 3. The third-order valence-corrected chi connectivity index (χ3v) is 8.41. The van der Waals surface area contributed by atoms with Gasteiger partial charge in [-0.25, -0.2) is 0 Å². The summed E-state index contributed by atoms with van der Waals surface area (Å²) in [5, 5.41) is 25.8. The van der Waals surface area contributed by atoms with E-state index in [2.05, 4.69) is 10.3 Å². The first-order valence-corrected chi connectivity index (χ1v) is 13.5. The zero-order chi connectivity index (χ0) is 30.7. The second kappa shape index (κ2) is 10.5. The number of aliphatic imine (C=N–C) groups is 1. The number of guanidine groups is 1. The van der Waals surface area contributed by atoms with Crippen molar-refractivity contribution in [2.24, 2.45) is 46.0 Å². The second-order valence-corrected chi connectivity index (χ2v) is 12.1. The van der Waals surface area contributed by atoms with Gasteiger partial charge in [-0.3, -0.25) is 33.9 Å². The van der Waals surface area contributed by atoms with Gasteiger partial charge in [0.25, 0.3) is 0 Å². The Kier molecular flexibility index (Phi) is 7.74. The zero-order valence-electron chi connectivity index (χ0n) is 24.1. The first-order valence-electron chi connectivity index (χ1n) is 13.5. The van der Waals surface area contributed by atoms with Crippen LogP contribution in [0, 0.1) is 29.6 Å². The third-order valence-electron chi connectivity index (χ3n) is 8.41. The zero-order valence-corrected chi connectivity index (χ0v) is 24.1. The summed E-state index contributed by atoms with van der Waals surface area (Å²) in [4.78, 5) is 74.3. The summed E-state index contributed by atoms with van der Waals surface area (Å²) in [5.74, 6) is -10.8. The van der Waals surface area contributed by atoms with E-state index in [1.54, 1.807) is 39.2 Å². The standard InChI is InChI=1S/C28H38N6O7/c1-11(2)10-31-27(30)32-15-9-16(33(3)4)13-7-12-8-14-20(34(5)6)23(37)19(26(29)40)25(39)28(14,41)24(38)17(12)22(36)18(13)21(15)35/h9,11-12,14,17,19-20,35,41H,7-8,10H2,1-6H3,(H2,29,40)(H3,30,31,32)/t12-,14-,17?,19?,20?,28-/m0/s1. The number of hydrogen-bond acceptors (Lipinski definition) is 10. The maximum absolute atomic E-state index is 14.0. The Balaban J connectivity index is 1.85. The molecule has 2 fully saturated rings. The maximum Gasteiger partial charge on any atom is 0.235 e. The number of hydrogen-bond donors (Lipinski definition) is 5. The molecule has 0 aliphatic heterocycles. The summed E-state index contributed by atoms with van der Waals surface area (Å²) in [6.07, 6.45) is 0.135. The molecule has 3 aliphatic carbocycles. The van der Waals surface area contributed by atoms with Gasteiger partial charge in [0.05, 0.1) is 23.2 Å². The Morgan fingerprint density at radius 2 is 1.78 bits per heavy atom. The van der Waals surface area contributed by atoms with E-state index in [0.29, 0.717) is 17.8 Å². The minimum Gasteiger partial charge on any atom is -0.505 e. The average molecular weight is 571 g/mol. The van der Waals surface area contributed by atoms with Gasteiger partial charge in [-0.1, -0.05) is 13.8 Å². The van der Waals surface area contributed by atoms with Crippen molar-refractivity contribution >= 4 is 46.4 Å². The van der Waals surface area contributed by atoms with Gasteiger partial charge < -0.3 is 31.9 Å². The number of nitrogens with one attached hydrogen (secondary N) is 1. The van der Waals surface area contributed by atoms with E-state index in [1.807, 2.05) is 13.8 Å². The van der Waals surface area contributed by atoms with Crippen LogP contribution in [0.5, 0.6) is 5.75 Å². The van der Waals surface area contributed by atoms with Crippen molar-refractivity contribution in [3.05, 3.63) is 17.2 Å². The van der Waals surface area contributed by atoms with E-state index in [4.69, 9.17) is 11.5 Å². The van der Waals surface area contributed by atoms with Gasteiger partial charge in [-0.05, 0) is 50.4 Å².